The molecule has 0 saturated carbocycles. The number of hydrogen-bond acceptors (Lipinski definition) is 6. The van der Waals surface area contributed by atoms with E-state index in [-0.39, 0.29) is 22.6 Å². The molecule has 0 aromatic heterocycles. The molecule has 0 aliphatic carbocycles. The van der Waals surface area contributed by atoms with Gasteiger partial charge in [0.2, 0.25) is 5.75 Å². The Morgan fingerprint density at radius 2 is 1.53 bits per heavy atom. The molecule has 8 nitrogen and oxygen atoms in total. The Hall–Kier alpha value is -3.33. The second-order valence-electron chi connectivity index (χ2n) is 6.53. The van der Waals surface area contributed by atoms with Gasteiger partial charge in [0.05, 0.1) is 21.3 Å². The molecule has 0 bridgehead atoms. The van der Waals surface area contributed by atoms with Crippen LogP contribution >= 0.6 is 12.2 Å². The number of nitrogens with one attached hydrogen (secondary N) is 3. The molecule has 2 aromatic rings. The summed E-state index contributed by atoms with van der Waals surface area (Å²) in [5.74, 6) is 0.435. The zero-order chi connectivity index (χ0) is 22.3. The summed E-state index contributed by atoms with van der Waals surface area (Å²) in [6, 6.07) is 9.88. The fourth-order valence-corrected chi connectivity index (χ4v) is 2.84. The van der Waals surface area contributed by atoms with Crippen LogP contribution in [0.5, 0.6) is 17.2 Å². The number of carbonyl (C=O) groups is 2. The molecule has 0 aliphatic heterocycles. The molecule has 0 unspecified atom stereocenters. The minimum atomic E-state index is -0.458. The van der Waals surface area contributed by atoms with Gasteiger partial charge in [0.25, 0.3) is 11.8 Å². The summed E-state index contributed by atoms with van der Waals surface area (Å²) in [4.78, 5) is 24.8. The maximum Gasteiger partial charge on any atom is 0.257 e. The summed E-state index contributed by atoms with van der Waals surface area (Å²) in [7, 11) is 4.41. The Kier molecular flexibility index (Phi) is 7.99. The Morgan fingerprint density at radius 1 is 0.900 bits per heavy atom. The first-order chi connectivity index (χ1) is 14.3. The lowest BCUT2D eigenvalue weighted by molar-refractivity contribution is 0.0941. The largest absolute Gasteiger partial charge is 0.493 e. The molecule has 30 heavy (non-hydrogen) atoms. The van der Waals surface area contributed by atoms with E-state index in [2.05, 4.69) is 16.0 Å². The number of ether oxygens (including phenoxy) is 3. The fourth-order valence-electron chi connectivity index (χ4n) is 2.63. The summed E-state index contributed by atoms with van der Waals surface area (Å²) in [5, 5.41) is 8.40. The van der Waals surface area contributed by atoms with E-state index in [1.54, 1.807) is 24.3 Å². The molecule has 0 atom stereocenters. The maximum atomic E-state index is 12.6. The lowest BCUT2D eigenvalue weighted by Gasteiger charge is -2.15. The van der Waals surface area contributed by atoms with Crippen molar-refractivity contribution >= 4 is 34.8 Å². The molecule has 3 N–H and O–H groups in total. The van der Waals surface area contributed by atoms with Crippen molar-refractivity contribution in [3.8, 4) is 17.2 Å². The van der Waals surface area contributed by atoms with Crippen molar-refractivity contribution < 1.29 is 23.8 Å². The van der Waals surface area contributed by atoms with Crippen LogP contribution in [0.2, 0.25) is 0 Å². The highest BCUT2D eigenvalue weighted by Crippen LogP contribution is 2.38. The van der Waals surface area contributed by atoms with Gasteiger partial charge in [-0.25, -0.2) is 0 Å². The Labute approximate surface area is 180 Å². The first-order valence-electron chi connectivity index (χ1n) is 9.12. The molecule has 160 valence electrons. The summed E-state index contributed by atoms with van der Waals surface area (Å²) in [6.45, 7) is 3.77. The van der Waals surface area contributed by atoms with Gasteiger partial charge in [-0.2, -0.15) is 0 Å². The monoisotopic (exact) mass is 431 g/mol. The summed E-state index contributed by atoms with van der Waals surface area (Å²) < 4.78 is 15.8. The van der Waals surface area contributed by atoms with E-state index in [4.69, 9.17) is 26.4 Å². The number of hydrogen-bond donors (Lipinski definition) is 3. The van der Waals surface area contributed by atoms with Crippen LogP contribution in [0.4, 0.5) is 5.69 Å². The molecule has 0 spiro atoms. The third-order valence-electron chi connectivity index (χ3n) is 3.96. The molecular weight excluding hydrogens is 406 g/mol. The highest BCUT2D eigenvalue weighted by molar-refractivity contribution is 7.80. The number of anilines is 1. The van der Waals surface area contributed by atoms with Gasteiger partial charge in [-0.15, -0.1) is 0 Å². The average molecular weight is 432 g/mol. The van der Waals surface area contributed by atoms with Gasteiger partial charge < -0.3 is 24.8 Å². The second kappa shape index (κ2) is 10.4. The number of amides is 2. The van der Waals surface area contributed by atoms with E-state index < -0.39 is 5.91 Å². The lowest BCUT2D eigenvalue weighted by atomic mass is 10.1. The van der Waals surface area contributed by atoms with Crippen molar-refractivity contribution in [1.82, 2.24) is 10.6 Å². The minimum Gasteiger partial charge on any atom is -0.493 e. The number of rotatable bonds is 7. The van der Waals surface area contributed by atoms with E-state index >= 15 is 0 Å². The van der Waals surface area contributed by atoms with E-state index in [9.17, 15) is 9.59 Å². The Balaban J connectivity index is 2.12. The molecule has 0 fully saturated rings. The van der Waals surface area contributed by atoms with Crippen LogP contribution in [0.1, 0.15) is 34.6 Å². The van der Waals surface area contributed by atoms with Crippen molar-refractivity contribution in [1.29, 1.82) is 0 Å². The SMILES string of the molecule is COc1cc(C(=O)NC(=S)Nc2cccc(C(=O)NC(C)C)c2)cc(OC)c1OC. The van der Waals surface area contributed by atoms with Crippen LogP contribution in [0, 0.1) is 0 Å². The smallest absolute Gasteiger partial charge is 0.257 e. The van der Waals surface area contributed by atoms with Gasteiger partial charge in [0.15, 0.2) is 16.6 Å². The molecule has 0 saturated heterocycles. The summed E-state index contributed by atoms with van der Waals surface area (Å²) >= 11 is 5.23. The second-order valence-corrected chi connectivity index (χ2v) is 6.94. The predicted octanol–water partition coefficient (Wildman–Crippen LogP) is 2.98. The summed E-state index contributed by atoms with van der Waals surface area (Å²) in [6.07, 6.45) is 0. The highest BCUT2D eigenvalue weighted by Gasteiger charge is 2.18. The zero-order valence-corrected chi connectivity index (χ0v) is 18.3. The fraction of sp³-hybridized carbons (Fsp3) is 0.286. The number of carbonyl (C=O) groups excluding carboxylic acids is 2. The standard InChI is InChI=1S/C21H25N3O5S/c1-12(2)22-19(25)13-7-6-8-15(9-13)23-21(30)24-20(26)14-10-16(27-3)18(29-5)17(11-14)28-4/h6-12H,1-5H3,(H,22,25)(H2,23,24,26,30). The summed E-state index contributed by atoms with van der Waals surface area (Å²) in [5.41, 5.74) is 1.33. The Bertz CT molecular complexity index is 921. The van der Waals surface area contributed by atoms with Crippen molar-refractivity contribution in [2.75, 3.05) is 26.6 Å². The molecular formula is C21H25N3O5S. The lowest BCUT2D eigenvalue weighted by Crippen LogP contribution is -2.34. The minimum absolute atomic E-state index is 0.0213. The van der Waals surface area contributed by atoms with Crippen LogP contribution < -0.4 is 30.2 Å². The number of benzene rings is 2. The Morgan fingerprint density at radius 3 is 2.07 bits per heavy atom. The first kappa shape index (κ1) is 23.0. The molecule has 0 aliphatic rings. The van der Waals surface area contributed by atoms with Gasteiger partial charge >= 0.3 is 0 Å². The number of thiocarbonyl (C=S) groups is 1. The maximum absolute atomic E-state index is 12.6. The normalized spacial score (nSPS) is 10.2. The van der Waals surface area contributed by atoms with Gasteiger partial charge in [-0.05, 0) is 56.4 Å². The molecule has 0 radical (unpaired) electrons. The van der Waals surface area contributed by atoms with Crippen molar-refractivity contribution in [2.24, 2.45) is 0 Å². The molecule has 9 heteroatoms. The van der Waals surface area contributed by atoms with Gasteiger partial charge in [0, 0.05) is 22.9 Å². The van der Waals surface area contributed by atoms with Gasteiger partial charge in [-0.3, -0.25) is 14.9 Å². The topological polar surface area (TPSA) is 97.9 Å². The van der Waals surface area contributed by atoms with Crippen LogP contribution in [0.25, 0.3) is 0 Å². The van der Waals surface area contributed by atoms with Crippen molar-refractivity contribution in [2.45, 2.75) is 19.9 Å². The van der Waals surface area contributed by atoms with Crippen LogP contribution in [-0.4, -0.2) is 44.3 Å². The van der Waals surface area contributed by atoms with E-state index in [0.717, 1.165) is 0 Å². The molecule has 2 aromatic carbocycles. The third kappa shape index (κ3) is 5.84. The quantitative estimate of drug-likeness (QED) is 0.580. The van der Waals surface area contributed by atoms with Gasteiger partial charge in [0.1, 0.15) is 0 Å². The highest BCUT2D eigenvalue weighted by atomic mass is 32.1. The van der Waals surface area contributed by atoms with E-state index in [1.165, 1.54) is 33.5 Å². The van der Waals surface area contributed by atoms with Crippen LogP contribution in [0.15, 0.2) is 36.4 Å². The number of methoxy groups -OCH3 is 3. The van der Waals surface area contributed by atoms with Gasteiger partial charge in [-0.1, -0.05) is 6.07 Å². The first-order valence-corrected chi connectivity index (χ1v) is 9.53. The van der Waals surface area contributed by atoms with Crippen LogP contribution in [0.3, 0.4) is 0 Å². The zero-order valence-electron chi connectivity index (χ0n) is 17.5. The van der Waals surface area contributed by atoms with Crippen LogP contribution in [-0.2, 0) is 0 Å². The van der Waals surface area contributed by atoms with Crippen molar-refractivity contribution in [3.05, 3.63) is 47.5 Å². The molecule has 0 heterocycles. The van der Waals surface area contributed by atoms with Crippen molar-refractivity contribution in [3.63, 3.8) is 0 Å². The molecule has 2 amide bonds. The third-order valence-corrected chi connectivity index (χ3v) is 4.16. The average Bonchev–Trinajstić information content (AvgIpc) is 2.72. The van der Waals surface area contributed by atoms with E-state index in [0.29, 0.717) is 28.5 Å². The predicted molar refractivity (Wildman–Crippen MR) is 119 cm³/mol. The molecule has 2 rings (SSSR count). The van der Waals surface area contributed by atoms with E-state index in [1.807, 2.05) is 13.8 Å².